The molecule has 0 amide bonds. The lowest BCUT2D eigenvalue weighted by Gasteiger charge is -2.20. The molecule has 0 aliphatic carbocycles. The largest absolute Gasteiger partial charge is 0.0776 e. The van der Waals surface area contributed by atoms with Gasteiger partial charge >= 0.3 is 0 Å². The normalized spacial score (nSPS) is 14.1. The summed E-state index contributed by atoms with van der Waals surface area (Å²) in [4.78, 5) is 0. The average molecular weight is 186 g/mol. The predicted molar refractivity (Wildman–Crippen MR) is 64.0 cm³/mol. The van der Waals surface area contributed by atoms with Gasteiger partial charge in [0.1, 0.15) is 0 Å². The van der Waals surface area contributed by atoms with E-state index in [9.17, 15) is 0 Å². The third-order valence-electron chi connectivity index (χ3n) is 2.72. The molecule has 0 aromatic heterocycles. The molecule has 0 aliphatic rings. The first kappa shape index (κ1) is 15.5. The Kier molecular flexibility index (Phi) is 7.68. The fraction of sp³-hybridized carbons (Fsp3) is 1.00. The number of hydrogen-bond donors (Lipinski definition) is 0. The van der Waals surface area contributed by atoms with Crippen LogP contribution in [0.3, 0.4) is 0 Å². The lowest BCUT2D eigenvalue weighted by Crippen LogP contribution is -2.08. The Bertz CT molecular complexity index is 106. The Labute approximate surface area is 86.1 Å². The van der Waals surface area contributed by atoms with Crippen LogP contribution in [0.15, 0.2) is 0 Å². The molecule has 0 rings (SSSR count). The summed E-state index contributed by atoms with van der Waals surface area (Å²) in [5.41, 5.74) is 0.525. The Balaban J connectivity index is 0. The van der Waals surface area contributed by atoms with Gasteiger partial charge in [0.05, 0.1) is 0 Å². The Morgan fingerprint density at radius 1 is 1.00 bits per heavy atom. The molecule has 1 unspecified atom stereocenters. The van der Waals surface area contributed by atoms with Crippen molar-refractivity contribution >= 4 is 0 Å². The molecule has 0 N–H and O–H groups in total. The molecule has 0 aromatic carbocycles. The third-order valence-corrected chi connectivity index (χ3v) is 2.72. The molecule has 0 spiro atoms. The fourth-order valence-electron chi connectivity index (χ4n) is 1.29. The van der Waals surface area contributed by atoms with Gasteiger partial charge in [-0.2, -0.15) is 0 Å². The summed E-state index contributed by atoms with van der Waals surface area (Å²) in [7, 11) is 0. The second kappa shape index (κ2) is 6.45. The van der Waals surface area contributed by atoms with Crippen LogP contribution in [0.5, 0.6) is 0 Å². The van der Waals surface area contributed by atoms with E-state index in [2.05, 4.69) is 41.5 Å². The second-order valence-electron chi connectivity index (χ2n) is 5.67. The van der Waals surface area contributed by atoms with Crippen molar-refractivity contribution in [1.82, 2.24) is 0 Å². The highest BCUT2D eigenvalue weighted by molar-refractivity contribution is 4.64. The van der Waals surface area contributed by atoms with Gasteiger partial charge < -0.3 is 0 Å². The summed E-state index contributed by atoms with van der Waals surface area (Å²) in [6.45, 7) is 14.0. The molecule has 0 saturated heterocycles. The molecule has 0 radical (unpaired) electrons. The molecule has 0 saturated carbocycles. The van der Waals surface area contributed by atoms with Crippen LogP contribution < -0.4 is 0 Å². The van der Waals surface area contributed by atoms with Crippen molar-refractivity contribution in [1.29, 1.82) is 0 Å². The van der Waals surface area contributed by atoms with Gasteiger partial charge in [0.15, 0.2) is 0 Å². The van der Waals surface area contributed by atoms with Crippen molar-refractivity contribution in [2.24, 2.45) is 17.3 Å². The van der Waals surface area contributed by atoms with Crippen LogP contribution in [-0.4, -0.2) is 0 Å². The maximum Gasteiger partial charge on any atom is -0.0383 e. The molecular weight excluding hydrogens is 156 g/mol. The van der Waals surface area contributed by atoms with E-state index in [1.54, 1.807) is 0 Å². The van der Waals surface area contributed by atoms with Crippen LogP contribution >= 0.6 is 0 Å². The first-order valence-corrected chi connectivity index (χ1v) is 5.33. The quantitative estimate of drug-likeness (QED) is 0.571. The van der Waals surface area contributed by atoms with Crippen molar-refractivity contribution in [2.75, 3.05) is 0 Å². The summed E-state index contributed by atoms with van der Waals surface area (Å²) < 4.78 is 0. The van der Waals surface area contributed by atoms with E-state index in [0.29, 0.717) is 5.41 Å². The van der Waals surface area contributed by atoms with Crippen molar-refractivity contribution in [3.8, 4) is 0 Å². The van der Waals surface area contributed by atoms with Crippen molar-refractivity contribution in [3.05, 3.63) is 0 Å². The summed E-state index contributed by atoms with van der Waals surface area (Å²) >= 11 is 0. The van der Waals surface area contributed by atoms with E-state index in [0.717, 1.165) is 11.8 Å². The Hall–Kier alpha value is 0. The van der Waals surface area contributed by atoms with Gasteiger partial charge in [-0.15, -0.1) is 0 Å². The van der Waals surface area contributed by atoms with Gasteiger partial charge in [-0.25, -0.2) is 0 Å². The van der Waals surface area contributed by atoms with Gasteiger partial charge in [-0.3, -0.25) is 0 Å². The molecule has 1 atom stereocenters. The molecule has 82 valence electrons. The monoisotopic (exact) mass is 186 g/mol. The highest BCUT2D eigenvalue weighted by Gasteiger charge is 2.12. The minimum atomic E-state index is 0. The third kappa shape index (κ3) is 9.92. The lowest BCUT2D eigenvalue weighted by molar-refractivity contribution is 0.316. The highest BCUT2D eigenvalue weighted by Crippen LogP contribution is 2.25. The Morgan fingerprint density at radius 3 is 1.77 bits per heavy atom. The summed E-state index contributed by atoms with van der Waals surface area (Å²) in [5, 5.41) is 0. The molecule has 0 aromatic rings. The summed E-state index contributed by atoms with van der Waals surface area (Å²) in [6.07, 6.45) is 4.15. The zero-order valence-electron chi connectivity index (χ0n) is 9.78. The SMILES string of the molecule is C.CC(C)C(C)CCCC(C)(C)C. The van der Waals surface area contributed by atoms with Crippen molar-refractivity contribution in [3.63, 3.8) is 0 Å². The topological polar surface area (TPSA) is 0 Å². The van der Waals surface area contributed by atoms with Crippen LogP contribution in [0, 0.1) is 17.3 Å². The zero-order chi connectivity index (χ0) is 9.78. The second-order valence-corrected chi connectivity index (χ2v) is 5.67. The van der Waals surface area contributed by atoms with E-state index in [1.165, 1.54) is 19.3 Å². The molecular formula is C13H30. The first-order valence-electron chi connectivity index (χ1n) is 5.33. The maximum atomic E-state index is 2.37. The van der Waals surface area contributed by atoms with Crippen LogP contribution in [0.25, 0.3) is 0 Å². The molecule has 0 bridgehead atoms. The van der Waals surface area contributed by atoms with Crippen LogP contribution in [0.4, 0.5) is 0 Å². The van der Waals surface area contributed by atoms with E-state index >= 15 is 0 Å². The van der Waals surface area contributed by atoms with E-state index in [4.69, 9.17) is 0 Å². The van der Waals surface area contributed by atoms with Gasteiger partial charge in [0, 0.05) is 0 Å². The first-order chi connectivity index (χ1) is 5.33. The van der Waals surface area contributed by atoms with Crippen molar-refractivity contribution in [2.45, 2.75) is 68.2 Å². The summed E-state index contributed by atoms with van der Waals surface area (Å²) in [6, 6.07) is 0. The van der Waals surface area contributed by atoms with E-state index in [-0.39, 0.29) is 7.43 Å². The predicted octanol–water partition coefficient (Wildman–Crippen LogP) is 5.13. The van der Waals surface area contributed by atoms with Crippen LogP contribution in [0.2, 0.25) is 0 Å². The van der Waals surface area contributed by atoms with E-state index < -0.39 is 0 Å². The lowest BCUT2D eigenvalue weighted by atomic mass is 9.86. The minimum Gasteiger partial charge on any atom is -0.0776 e. The molecule has 0 heteroatoms. The zero-order valence-corrected chi connectivity index (χ0v) is 9.78. The van der Waals surface area contributed by atoms with Gasteiger partial charge in [0.2, 0.25) is 0 Å². The average Bonchev–Trinajstić information content (AvgIpc) is 1.84. The van der Waals surface area contributed by atoms with E-state index in [1.807, 2.05) is 0 Å². The number of rotatable bonds is 4. The highest BCUT2D eigenvalue weighted by atomic mass is 14.2. The molecule has 0 fully saturated rings. The molecule has 0 nitrogen and oxygen atoms in total. The van der Waals surface area contributed by atoms with Gasteiger partial charge in [0.25, 0.3) is 0 Å². The molecule has 0 aliphatic heterocycles. The summed E-state index contributed by atoms with van der Waals surface area (Å²) in [5.74, 6) is 1.75. The number of hydrogen-bond acceptors (Lipinski definition) is 0. The maximum absolute atomic E-state index is 2.37. The molecule has 13 heavy (non-hydrogen) atoms. The van der Waals surface area contributed by atoms with Crippen LogP contribution in [-0.2, 0) is 0 Å². The van der Waals surface area contributed by atoms with Gasteiger partial charge in [-0.1, -0.05) is 61.8 Å². The standard InChI is InChI=1S/C12H26.CH4/c1-10(2)11(3)8-7-9-12(4,5)6;/h10-11H,7-9H2,1-6H3;1H4. The fourth-order valence-corrected chi connectivity index (χ4v) is 1.29. The van der Waals surface area contributed by atoms with Gasteiger partial charge in [-0.05, 0) is 23.7 Å². The van der Waals surface area contributed by atoms with Crippen LogP contribution in [0.1, 0.15) is 68.2 Å². The van der Waals surface area contributed by atoms with Crippen molar-refractivity contribution < 1.29 is 0 Å². The minimum absolute atomic E-state index is 0. The Morgan fingerprint density at radius 2 is 1.46 bits per heavy atom. The smallest absolute Gasteiger partial charge is 0.0383 e. The molecule has 0 heterocycles.